The van der Waals surface area contributed by atoms with Crippen molar-refractivity contribution in [2.45, 2.75) is 0 Å². The molecule has 0 aliphatic rings. The number of carboxylic acid groups (broad SMARTS) is 1. The van der Waals surface area contributed by atoms with Crippen LogP contribution in [-0.4, -0.2) is 35.0 Å². The van der Waals surface area contributed by atoms with Gasteiger partial charge in [0.2, 0.25) is 5.75 Å². The number of anilines is 1. The highest BCUT2D eigenvalue weighted by Gasteiger charge is 2.30. The van der Waals surface area contributed by atoms with E-state index in [2.05, 4.69) is 0 Å². The maximum Gasteiger partial charge on any atom is 0.342 e. The van der Waals surface area contributed by atoms with Gasteiger partial charge in [-0.15, -0.1) is 0 Å². The number of carboxylic acids is 1. The molecule has 2 aromatic rings. The van der Waals surface area contributed by atoms with Gasteiger partial charge in [-0.2, -0.15) is 0 Å². The van der Waals surface area contributed by atoms with E-state index in [1.807, 2.05) is 0 Å². The number of nitrogens with zero attached hydrogens (tertiary/aromatic N) is 3. The van der Waals surface area contributed by atoms with Crippen LogP contribution >= 0.6 is 34.8 Å². The van der Waals surface area contributed by atoms with Crippen LogP contribution in [0.1, 0.15) is 10.4 Å². The van der Waals surface area contributed by atoms with Crippen molar-refractivity contribution in [2.75, 3.05) is 19.0 Å². The highest BCUT2D eigenvalue weighted by molar-refractivity contribution is 6.49. The molecule has 0 bridgehead atoms. The highest BCUT2D eigenvalue weighted by atomic mass is 35.5. The number of rotatable bonds is 6. The number of halogens is 3. The van der Waals surface area contributed by atoms with Gasteiger partial charge >= 0.3 is 11.7 Å². The fourth-order valence-electron chi connectivity index (χ4n) is 2.19. The van der Waals surface area contributed by atoms with E-state index in [0.717, 1.165) is 0 Å². The van der Waals surface area contributed by atoms with E-state index in [-0.39, 0.29) is 20.8 Å². The lowest BCUT2D eigenvalue weighted by Crippen LogP contribution is -2.10. The minimum absolute atomic E-state index is 0.0902. The summed E-state index contributed by atoms with van der Waals surface area (Å²) in [5.74, 6) is -2.40. The molecule has 148 valence electrons. The number of hydrogen-bond donors (Lipinski definition) is 1. The van der Waals surface area contributed by atoms with Gasteiger partial charge in [0.1, 0.15) is 16.3 Å². The molecule has 0 unspecified atom stereocenters. The lowest BCUT2D eigenvalue weighted by molar-refractivity contribution is -0.394. The monoisotopic (exact) mass is 449 g/mol. The maximum absolute atomic E-state index is 11.3. The van der Waals surface area contributed by atoms with Crippen molar-refractivity contribution in [3.05, 3.63) is 59.1 Å². The van der Waals surface area contributed by atoms with Crippen LogP contribution in [0.5, 0.6) is 11.5 Å². The first-order valence-electron chi connectivity index (χ1n) is 7.18. The Morgan fingerprint density at radius 2 is 1.54 bits per heavy atom. The standard InChI is InChI=1S/C15H10Cl3N3O7/c1-19(2)9-5-11(13(17)14(18)12(9)16)28-10-3-6(15(22)23)7(20(24)25)4-8(10)21(26)27/h3-5H,1-2H3,(H,22,23). The van der Waals surface area contributed by atoms with Crippen LogP contribution in [0.4, 0.5) is 17.1 Å². The van der Waals surface area contributed by atoms with E-state index in [1.165, 1.54) is 6.07 Å². The summed E-state index contributed by atoms with van der Waals surface area (Å²) < 4.78 is 5.42. The van der Waals surface area contributed by atoms with Crippen LogP contribution in [0, 0.1) is 20.2 Å². The smallest absolute Gasteiger partial charge is 0.342 e. The van der Waals surface area contributed by atoms with E-state index < -0.39 is 38.5 Å². The number of carbonyl (C=O) groups is 1. The van der Waals surface area contributed by atoms with Crippen LogP contribution in [-0.2, 0) is 0 Å². The summed E-state index contributed by atoms with van der Waals surface area (Å²) in [6.45, 7) is 0. The van der Waals surface area contributed by atoms with E-state index in [1.54, 1.807) is 19.0 Å². The Hall–Kier alpha value is -2.82. The quantitative estimate of drug-likeness (QED) is 0.368. The molecule has 13 heteroatoms. The normalized spacial score (nSPS) is 10.5. The first kappa shape index (κ1) is 21.5. The zero-order chi connectivity index (χ0) is 21.3. The molecular weight excluding hydrogens is 441 g/mol. The molecule has 0 fully saturated rings. The second-order valence-electron chi connectivity index (χ2n) is 5.49. The van der Waals surface area contributed by atoms with Crippen molar-refractivity contribution in [1.82, 2.24) is 0 Å². The lowest BCUT2D eigenvalue weighted by Gasteiger charge is -2.18. The molecule has 0 aliphatic heterocycles. The van der Waals surface area contributed by atoms with Crippen molar-refractivity contribution >= 4 is 57.8 Å². The predicted molar refractivity (Wildman–Crippen MR) is 103 cm³/mol. The molecular formula is C15H10Cl3N3O7. The van der Waals surface area contributed by atoms with Gasteiger partial charge in [-0.1, -0.05) is 34.8 Å². The molecule has 2 rings (SSSR count). The molecule has 0 aromatic heterocycles. The number of ether oxygens (including phenoxy) is 1. The van der Waals surface area contributed by atoms with E-state index in [9.17, 15) is 30.1 Å². The second kappa shape index (κ2) is 8.05. The Labute approximate surface area is 172 Å². The second-order valence-corrected chi connectivity index (χ2v) is 6.62. The molecule has 10 nitrogen and oxygen atoms in total. The molecule has 0 heterocycles. The van der Waals surface area contributed by atoms with E-state index >= 15 is 0 Å². The van der Waals surface area contributed by atoms with Gasteiger partial charge < -0.3 is 14.7 Å². The Morgan fingerprint density at radius 1 is 0.964 bits per heavy atom. The van der Waals surface area contributed by atoms with Crippen molar-refractivity contribution in [2.24, 2.45) is 0 Å². The third kappa shape index (κ3) is 4.03. The van der Waals surface area contributed by atoms with Crippen LogP contribution in [0.3, 0.4) is 0 Å². The third-order valence-electron chi connectivity index (χ3n) is 3.50. The van der Waals surface area contributed by atoms with Crippen molar-refractivity contribution in [1.29, 1.82) is 0 Å². The first-order chi connectivity index (χ1) is 13.0. The summed E-state index contributed by atoms with van der Waals surface area (Å²) in [5, 5.41) is 31.4. The molecule has 28 heavy (non-hydrogen) atoms. The molecule has 0 amide bonds. The van der Waals surface area contributed by atoms with Crippen LogP contribution < -0.4 is 9.64 Å². The summed E-state index contributed by atoms with van der Waals surface area (Å²) in [6.07, 6.45) is 0. The van der Waals surface area contributed by atoms with Gasteiger partial charge in [0.15, 0.2) is 0 Å². The van der Waals surface area contributed by atoms with Gasteiger partial charge in [-0.05, 0) is 0 Å². The SMILES string of the molecule is CN(C)c1cc(Oc2cc(C(=O)O)c([N+](=O)[O-])cc2[N+](=O)[O-])c(Cl)c(Cl)c1Cl. The zero-order valence-electron chi connectivity index (χ0n) is 14.1. The Balaban J connectivity index is 2.73. The molecule has 0 aliphatic carbocycles. The topological polar surface area (TPSA) is 136 Å². The largest absolute Gasteiger partial charge is 0.477 e. The predicted octanol–water partition coefficient (Wildman–Crippen LogP) is 5.02. The van der Waals surface area contributed by atoms with Crippen LogP contribution in [0.15, 0.2) is 18.2 Å². The van der Waals surface area contributed by atoms with Gasteiger partial charge in [0.25, 0.3) is 5.69 Å². The molecule has 1 N–H and O–H groups in total. The molecule has 2 aromatic carbocycles. The first-order valence-corrected chi connectivity index (χ1v) is 8.31. The number of nitro groups is 2. The van der Waals surface area contributed by atoms with E-state index in [0.29, 0.717) is 17.8 Å². The number of benzene rings is 2. The van der Waals surface area contributed by atoms with Gasteiger partial charge in [-0.25, -0.2) is 4.79 Å². The Bertz CT molecular complexity index is 1010. The number of nitro benzene ring substituents is 2. The van der Waals surface area contributed by atoms with Gasteiger partial charge in [-0.3, -0.25) is 20.2 Å². The van der Waals surface area contributed by atoms with Crippen molar-refractivity contribution in [3.8, 4) is 11.5 Å². The molecule has 0 saturated heterocycles. The van der Waals surface area contributed by atoms with E-state index in [4.69, 9.17) is 39.5 Å². The lowest BCUT2D eigenvalue weighted by atomic mass is 10.1. The van der Waals surface area contributed by atoms with Crippen molar-refractivity contribution in [3.63, 3.8) is 0 Å². The van der Waals surface area contributed by atoms with Gasteiger partial charge in [0, 0.05) is 26.2 Å². The average Bonchev–Trinajstić information content (AvgIpc) is 2.60. The summed E-state index contributed by atoms with van der Waals surface area (Å²) in [6, 6.07) is 2.51. The number of aromatic carboxylic acids is 1. The van der Waals surface area contributed by atoms with Crippen LogP contribution in [0.2, 0.25) is 15.1 Å². The molecule has 0 atom stereocenters. The van der Waals surface area contributed by atoms with Crippen molar-refractivity contribution < 1.29 is 24.5 Å². The molecule has 0 spiro atoms. The zero-order valence-corrected chi connectivity index (χ0v) is 16.4. The molecule has 0 radical (unpaired) electrons. The average molecular weight is 451 g/mol. The molecule has 0 saturated carbocycles. The highest BCUT2D eigenvalue weighted by Crippen LogP contribution is 2.46. The minimum atomic E-state index is -1.67. The Morgan fingerprint density at radius 3 is 2.00 bits per heavy atom. The maximum atomic E-state index is 11.3. The third-order valence-corrected chi connectivity index (χ3v) is 4.83. The van der Waals surface area contributed by atoms with Gasteiger partial charge in [0.05, 0.1) is 31.6 Å². The summed E-state index contributed by atoms with van der Waals surface area (Å²) in [4.78, 5) is 33.3. The number of hydrogen-bond acceptors (Lipinski definition) is 7. The summed E-state index contributed by atoms with van der Waals surface area (Å²) >= 11 is 18.2. The fourth-order valence-corrected chi connectivity index (χ4v) is 2.93. The summed E-state index contributed by atoms with van der Waals surface area (Å²) in [7, 11) is 3.29. The summed E-state index contributed by atoms with van der Waals surface area (Å²) in [5.41, 5.74) is -2.21. The minimum Gasteiger partial charge on any atom is -0.477 e. The van der Waals surface area contributed by atoms with Crippen LogP contribution in [0.25, 0.3) is 0 Å². The fraction of sp³-hybridized carbons (Fsp3) is 0.133. The Kier molecular flexibility index (Phi) is 6.17.